The second kappa shape index (κ2) is 4.94. The summed E-state index contributed by atoms with van der Waals surface area (Å²) in [6.45, 7) is 0. The maximum absolute atomic E-state index is 11.6. The lowest BCUT2D eigenvalue weighted by atomic mass is 10.2. The van der Waals surface area contributed by atoms with Crippen LogP contribution < -0.4 is 16.2 Å². The lowest BCUT2D eigenvalue weighted by Crippen LogP contribution is -2.19. The van der Waals surface area contributed by atoms with Crippen LogP contribution in [0.1, 0.15) is 10.4 Å². The molecule has 1 aromatic heterocycles. The number of carbonyl (C=O) groups excluding carboxylic acids is 1. The first kappa shape index (κ1) is 14.0. The van der Waals surface area contributed by atoms with E-state index in [-0.39, 0.29) is 16.1 Å². The Hall–Kier alpha value is -2.39. The molecule has 0 aliphatic heterocycles. The molecular weight excluding hydrogens is 282 g/mol. The molecule has 0 radical (unpaired) electrons. The molecule has 20 heavy (non-hydrogen) atoms. The number of nitrogen functional groups attached to an aromatic ring is 1. The third-order valence-corrected chi connectivity index (χ3v) is 4.10. The summed E-state index contributed by atoms with van der Waals surface area (Å²) in [6, 6.07) is 4.20. The van der Waals surface area contributed by atoms with Gasteiger partial charge in [-0.05, 0) is 25.2 Å². The number of nitrogens with zero attached hydrogens (tertiary/aromatic N) is 2. The Morgan fingerprint density at radius 2 is 2.10 bits per heavy atom. The van der Waals surface area contributed by atoms with Gasteiger partial charge in [-0.15, -0.1) is 0 Å². The minimum Gasteiger partial charge on any atom is -0.397 e. The van der Waals surface area contributed by atoms with Crippen LogP contribution in [0.25, 0.3) is 5.69 Å². The summed E-state index contributed by atoms with van der Waals surface area (Å²) in [4.78, 5) is 11.0. The molecule has 0 saturated carbocycles. The highest BCUT2D eigenvalue weighted by atomic mass is 32.2. The van der Waals surface area contributed by atoms with Gasteiger partial charge in [0.1, 0.15) is 0 Å². The van der Waals surface area contributed by atoms with Crippen LogP contribution in [0.3, 0.4) is 0 Å². The van der Waals surface area contributed by atoms with Crippen molar-refractivity contribution in [3.8, 4) is 5.69 Å². The lowest BCUT2D eigenvalue weighted by molar-refractivity contribution is 0.100. The average Bonchev–Trinajstić information content (AvgIpc) is 2.88. The van der Waals surface area contributed by atoms with Gasteiger partial charge in [-0.2, -0.15) is 5.10 Å². The topological polar surface area (TPSA) is 133 Å². The van der Waals surface area contributed by atoms with Crippen molar-refractivity contribution in [3.05, 3.63) is 36.2 Å². The maximum Gasteiger partial charge on any atom is 0.251 e. The van der Waals surface area contributed by atoms with Gasteiger partial charge < -0.3 is 11.5 Å². The van der Waals surface area contributed by atoms with Crippen LogP contribution in [0.15, 0.2) is 35.5 Å². The molecule has 1 amide bonds. The highest BCUT2D eigenvalue weighted by Crippen LogP contribution is 2.21. The van der Waals surface area contributed by atoms with Crippen LogP contribution in [-0.4, -0.2) is 31.2 Å². The average molecular weight is 295 g/mol. The van der Waals surface area contributed by atoms with Crippen LogP contribution in [0.4, 0.5) is 5.69 Å². The Morgan fingerprint density at radius 3 is 2.60 bits per heavy atom. The zero-order chi connectivity index (χ0) is 14.9. The van der Waals surface area contributed by atoms with Gasteiger partial charge in [0.15, 0.2) is 0 Å². The number of anilines is 1. The molecule has 1 heterocycles. The molecule has 8 nitrogen and oxygen atoms in total. The zero-order valence-corrected chi connectivity index (χ0v) is 11.4. The molecule has 1 aromatic carbocycles. The van der Waals surface area contributed by atoms with E-state index in [0.717, 1.165) is 0 Å². The minimum atomic E-state index is -3.56. The van der Waals surface area contributed by atoms with Gasteiger partial charge in [0, 0.05) is 6.20 Å². The number of hydrogen-bond donors (Lipinski definition) is 3. The molecule has 0 unspecified atom stereocenters. The maximum atomic E-state index is 11.6. The molecule has 5 N–H and O–H groups in total. The van der Waals surface area contributed by atoms with Gasteiger partial charge in [-0.25, -0.2) is 17.8 Å². The largest absolute Gasteiger partial charge is 0.397 e. The third-order valence-electron chi connectivity index (χ3n) is 2.69. The highest BCUT2D eigenvalue weighted by Gasteiger charge is 2.14. The molecule has 0 bridgehead atoms. The second-order valence-corrected chi connectivity index (χ2v) is 5.85. The van der Waals surface area contributed by atoms with Gasteiger partial charge in [-0.3, -0.25) is 4.79 Å². The molecule has 106 valence electrons. The number of aromatic nitrogens is 2. The van der Waals surface area contributed by atoms with E-state index in [4.69, 9.17) is 11.5 Å². The van der Waals surface area contributed by atoms with Crippen molar-refractivity contribution in [1.29, 1.82) is 0 Å². The Morgan fingerprint density at radius 1 is 1.40 bits per heavy atom. The van der Waals surface area contributed by atoms with E-state index in [1.807, 2.05) is 0 Å². The first-order chi connectivity index (χ1) is 9.35. The van der Waals surface area contributed by atoms with Gasteiger partial charge >= 0.3 is 0 Å². The molecule has 0 aliphatic carbocycles. The number of sulfonamides is 1. The molecule has 0 spiro atoms. The summed E-state index contributed by atoms with van der Waals surface area (Å²) in [5, 5.41) is 3.95. The Bertz CT molecular complexity index is 766. The fourth-order valence-corrected chi connectivity index (χ4v) is 2.37. The van der Waals surface area contributed by atoms with Crippen LogP contribution >= 0.6 is 0 Å². The van der Waals surface area contributed by atoms with Crippen LogP contribution in [0, 0.1) is 0 Å². The summed E-state index contributed by atoms with van der Waals surface area (Å²) >= 11 is 0. The number of amides is 1. The van der Waals surface area contributed by atoms with Crippen molar-refractivity contribution >= 4 is 21.6 Å². The Labute approximate surface area is 115 Å². The molecule has 2 aromatic rings. The van der Waals surface area contributed by atoms with Crippen LogP contribution in [-0.2, 0) is 10.0 Å². The van der Waals surface area contributed by atoms with E-state index in [9.17, 15) is 13.2 Å². The summed E-state index contributed by atoms with van der Waals surface area (Å²) in [5.41, 5.74) is 11.8. The van der Waals surface area contributed by atoms with E-state index in [1.165, 1.54) is 42.3 Å². The Balaban J connectivity index is 2.46. The minimum absolute atomic E-state index is 0.0449. The van der Waals surface area contributed by atoms with Gasteiger partial charge in [0.25, 0.3) is 5.91 Å². The number of rotatable bonds is 4. The number of benzene rings is 1. The van der Waals surface area contributed by atoms with Gasteiger partial charge in [-0.1, -0.05) is 0 Å². The fraction of sp³-hybridized carbons (Fsp3) is 0.0909. The fourth-order valence-electron chi connectivity index (χ4n) is 1.61. The molecule has 2 rings (SSSR count). The monoisotopic (exact) mass is 295 g/mol. The number of primary amides is 1. The van der Waals surface area contributed by atoms with Crippen LogP contribution in [0.2, 0.25) is 0 Å². The van der Waals surface area contributed by atoms with Crippen molar-refractivity contribution in [1.82, 2.24) is 14.5 Å². The zero-order valence-electron chi connectivity index (χ0n) is 10.6. The van der Waals surface area contributed by atoms with Gasteiger partial charge in [0.2, 0.25) is 10.0 Å². The van der Waals surface area contributed by atoms with Crippen molar-refractivity contribution in [3.63, 3.8) is 0 Å². The predicted octanol–water partition coefficient (Wildman–Crippen LogP) is -0.538. The molecule has 9 heteroatoms. The number of nitrogens with one attached hydrogen (secondary N) is 1. The number of nitrogens with two attached hydrogens (primary N) is 2. The van der Waals surface area contributed by atoms with Crippen molar-refractivity contribution in [2.24, 2.45) is 5.73 Å². The smallest absolute Gasteiger partial charge is 0.251 e. The van der Waals surface area contributed by atoms with Crippen molar-refractivity contribution in [2.45, 2.75) is 4.90 Å². The Kier molecular flexibility index (Phi) is 3.47. The second-order valence-electron chi connectivity index (χ2n) is 3.97. The molecule has 0 fully saturated rings. The van der Waals surface area contributed by atoms with Gasteiger partial charge in [0.05, 0.1) is 28.0 Å². The van der Waals surface area contributed by atoms with E-state index >= 15 is 0 Å². The van der Waals surface area contributed by atoms with E-state index < -0.39 is 15.9 Å². The van der Waals surface area contributed by atoms with Crippen LogP contribution in [0.5, 0.6) is 0 Å². The predicted molar refractivity (Wildman–Crippen MR) is 72.7 cm³/mol. The summed E-state index contributed by atoms with van der Waals surface area (Å²) in [5.74, 6) is -0.607. The number of carbonyl (C=O) groups is 1. The number of hydrogen-bond acceptors (Lipinski definition) is 5. The molecular formula is C11H13N5O3S. The first-order valence-corrected chi connectivity index (χ1v) is 7.01. The summed E-state index contributed by atoms with van der Waals surface area (Å²) in [6.07, 6.45) is 2.72. The first-order valence-electron chi connectivity index (χ1n) is 5.53. The normalized spacial score (nSPS) is 11.4. The summed E-state index contributed by atoms with van der Waals surface area (Å²) in [7, 11) is -2.25. The third kappa shape index (κ3) is 2.49. The van der Waals surface area contributed by atoms with Crippen molar-refractivity contribution < 1.29 is 13.2 Å². The van der Waals surface area contributed by atoms with E-state index in [2.05, 4.69) is 9.82 Å². The molecule has 0 atom stereocenters. The van der Waals surface area contributed by atoms with Crippen molar-refractivity contribution in [2.75, 3.05) is 12.8 Å². The SMILES string of the molecule is CNS(=O)(=O)c1ccc(-n2cc(C(N)=O)cn2)c(N)c1. The lowest BCUT2D eigenvalue weighted by Gasteiger charge is -2.08. The highest BCUT2D eigenvalue weighted by molar-refractivity contribution is 7.89. The van der Waals surface area contributed by atoms with E-state index in [0.29, 0.717) is 5.69 Å². The quantitative estimate of drug-likeness (QED) is 0.651. The summed E-state index contributed by atoms with van der Waals surface area (Å²) < 4.78 is 26.8. The van der Waals surface area contributed by atoms with E-state index in [1.54, 1.807) is 0 Å². The standard InChI is InChI=1S/C11H13N5O3S/c1-14-20(18,19)8-2-3-10(9(12)4-8)16-6-7(5-15-16)11(13)17/h2-6,14H,12H2,1H3,(H2,13,17). The molecule has 0 saturated heterocycles. The molecule has 0 aliphatic rings.